The first kappa shape index (κ1) is 16.6. The van der Waals surface area contributed by atoms with Crippen molar-refractivity contribution in [3.63, 3.8) is 0 Å². The smallest absolute Gasteiger partial charge is 0.231 e. The molecule has 0 bridgehead atoms. The van der Waals surface area contributed by atoms with Crippen molar-refractivity contribution in [1.29, 1.82) is 0 Å². The molecule has 2 aliphatic rings. The number of hydrogen-bond acceptors (Lipinski definition) is 2. The zero-order chi connectivity index (χ0) is 17.6. The zero-order valence-corrected chi connectivity index (χ0v) is 15.0. The molecule has 1 amide bonds. The fourth-order valence-electron chi connectivity index (χ4n) is 4.27. The first-order valence-electron chi connectivity index (χ1n) is 8.87. The standard InChI is InChI=1S/C21H22ClNO2/c1-13(24)18-20-19-16(12-23(20)21(18)25)10-14(6-5-9-22)11-17(19)15-7-3-2-4-8-15/h2-4,7-8,10-11,13,18,20,24H,5-6,9,12H2,1H3/t13-,18-,20+/m1/s1. The van der Waals surface area contributed by atoms with Crippen molar-refractivity contribution in [2.45, 2.75) is 38.5 Å². The molecule has 1 saturated heterocycles. The molecule has 0 saturated carbocycles. The van der Waals surface area contributed by atoms with Gasteiger partial charge in [-0.3, -0.25) is 4.79 Å². The highest BCUT2D eigenvalue weighted by Gasteiger charge is 2.54. The predicted octanol–water partition coefficient (Wildman–Crippen LogP) is 3.92. The van der Waals surface area contributed by atoms with Crippen molar-refractivity contribution in [2.75, 3.05) is 5.88 Å². The summed E-state index contributed by atoms with van der Waals surface area (Å²) < 4.78 is 0. The molecule has 0 aromatic heterocycles. The summed E-state index contributed by atoms with van der Waals surface area (Å²) in [6.07, 6.45) is 1.26. The highest BCUT2D eigenvalue weighted by molar-refractivity contribution is 6.17. The van der Waals surface area contributed by atoms with E-state index in [-0.39, 0.29) is 17.9 Å². The van der Waals surface area contributed by atoms with E-state index >= 15 is 0 Å². The van der Waals surface area contributed by atoms with Crippen LogP contribution in [0.25, 0.3) is 11.1 Å². The molecule has 2 aromatic rings. The molecule has 4 heteroatoms. The molecule has 2 aromatic carbocycles. The number of carbonyl (C=O) groups excluding carboxylic acids is 1. The second kappa shape index (κ2) is 6.47. The van der Waals surface area contributed by atoms with Gasteiger partial charge in [-0.05, 0) is 47.6 Å². The minimum absolute atomic E-state index is 0.000201. The van der Waals surface area contributed by atoms with Crippen LogP contribution in [-0.4, -0.2) is 27.9 Å². The monoisotopic (exact) mass is 355 g/mol. The Balaban J connectivity index is 1.83. The number of β-lactam (4-membered cyclic amide) rings is 1. The van der Waals surface area contributed by atoms with Crippen LogP contribution in [0.4, 0.5) is 0 Å². The van der Waals surface area contributed by atoms with Gasteiger partial charge in [-0.25, -0.2) is 0 Å². The number of halogens is 1. The average molecular weight is 356 g/mol. The fraction of sp³-hybridized carbons (Fsp3) is 0.381. The van der Waals surface area contributed by atoms with Crippen molar-refractivity contribution in [3.8, 4) is 11.1 Å². The minimum atomic E-state index is -0.626. The van der Waals surface area contributed by atoms with E-state index in [0.29, 0.717) is 12.4 Å². The number of hydrogen-bond donors (Lipinski definition) is 1. The van der Waals surface area contributed by atoms with Gasteiger partial charge in [-0.15, -0.1) is 11.6 Å². The van der Waals surface area contributed by atoms with E-state index in [1.54, 1.807) is 6.92 Å². The molecule has 2 heterocycles. The first-order chi connectivity index (χ1) is 12.1. The number of aliphatic hydroxyl groups is 1. The number of fused-ring (bicyclic) bond motifs is 3. The fourth-order valence-corrected chi connectivity index (χ4v) is 4.41. The van der Waals surface area contributed by atoms with E-state index in [1.165, 1.54) is 22.3 Å². The van der Waals surface area contributed by atoms with Gasteiger partial charge in [0, 0.05) is 12.4 Å². The van der Waals surface area contributed by atoms with Crippen molar-refractivity contribution in [2.24, 2.45) is 5.92 Å². The van der Waals surface area contributed by atoms with Crippen molar-refractivity contribution < 1.29 is 9.90 Å². The lowest BCUT2D eigenvalue weighted by Crippen LogP contribution is -2.55. The maximum absolute atomic E-state index is 12.4. The highest BCUT2D eigenvalue weighted by atomic mass is 35.5. The summed E-state index contributed by atoms with van der Waals surface area (Å²) >= 11 is 5.87. The van der Waals surface area contributed by atoms with Gasteiger partial charge in [0.25, 0.3) is 0 Å². The van der Waals surface area contributed by atoms with Crippen molar-refractivity contribution in [1.82, 2.24) is 4.90 Å². The van der Waals surface area contributed by atoms with Crippen LogP contribution < -0.4 is 0 Å². The summed E-state index contributed by atoms with van der Waals surface area (Å²) in [4.78, 5) is 14.3. The summed E-state index contributed by atoms with van der Waals surface area (Å²) in [6.45, 7) is 2.37. The van der Waals surface area contributed by atoms with Gasteiger partial charge in [0.15, 0.2) is 0 Å². The first-order valence-corrected chi connectivity index (χ1v) is 9.41. The minimum Gasteiger partial charge on any atom is -0.392 e. The zero-order valence-electron chi connectivity index (χ0n) is 14.3. The van der Waals surface area contributed by atoms with Crippen LogP contribution in [0.3, 0.4) is 0 Å². The SMILES string of the molecule is C[C@@H](O)[C@H]1C(=O)N2Cc3cc(CCCCl)cc(-c4ccccc4)c3[C@H]12. The van der Waals surface area contributed by atoms with Crippen LogP contribution in [0, 0.1) is 5.92 Å². The van der Waals surface area contributed by atoms with E-state index < -0.39 is 6.10 Å². The third-order valence-corrected chi connectivity index (χ3v) is 5.68. The van der Waals surface area contributed by atoms with Crippen molar-refractivity contribution in [3.05, 3.63) is 59.2 Å². The van der Waals surface area contributed by atoms with Gasteiger partial charge < -0.3 is 10.0 Å². The van der Waals surface area contributed by atoms with Crippen molar-refractivity contribution >= 4 is 17.5 Å². The van der Waals surface area contributed by atoms with E-state index in [1.807, 2.05) is 23.1 Å². The molecule has 0 unspecified atom stereocenters. The number of carbonyl (C=O) groups is 1. The molecule has 2 aliphatic heterocycles. The van der Waals surface area contributed by atoms with E-state index in [0.717, 1.165) is 18.4 Å². The molecule has 25 heavy (non-hydrogen) atoms. The maximum Gasteiger partial charge on any atom is 0.231 e. The molecule has 4 rings (SSSR count). The van der Waals surface area contributed by atoms with Crippen LogP contribution in [-0.2, 0) is 17.8 Å². The average Bonchev–Trinajstić information content (AvgIpc) is 2.94. The summed E-state index contributed by atoms with van der Waals surface area (Å²) in [5.74, 6) is 0.393. The molecule has 3 atom stereocenters. The second-order valence-electron chi connectivity index (χ2n) is 7.05. The summed E-state index contributed by atoms with van der Waals surface area (Å²) in [5, 5.41) is 10.1. The molecule has 0 aliphatic carbocycles. The molecule has 0 spiro atoms. The third kappa shape index (κ3) is 2.66. The van der Waals surface area contributed by atoms with Crippen LogP contribution in [0.2, 0.25) is 0 Å². The van der Waals surface area contributed by atoms with Gasteiger partial charge in [0.1, 0.15) is 0 Å². The van der Waals surface area contributed by atoms with E-state index in [4.69, 9.17) is 11.6 Å². The number of alkyl halides is 1. The molecule has 1 fully saturated rings. The van der Waals surface area contributed by atoms with Crippen LogP contribution in [0.1, 0.15) is 36.1 Å². The van der Waals surface area contributed by atoms with Gasteiger partial charge in [-0.1, -0.05) is 42.5 Å². The Kier molecular flexibility index (Phi) is 4.30. The summed E-state index contributed by atoms with van der Waals surface area (Å²) in [7, 11) is 0. The van der Waals surface area contributed by atoms with Crippen LogP contribution in [0.15, 0.2) is 42.5 Å². The van der Waals surface area contributed by atoms with Gasteiger partial charge >= 0.3 is 0 Å². The Morgan fingerprint density at radius 2 is 2.04 bits per heavy atom. The Morgan fingerprint density at radius 1 is 1.28 bits per heavy atom. The van der Waals surface area contributed by atoms with Crippen LogP contribution in [0.5, 0.6) is 0 Å². The molecule has 0 radical (unpaired) electrons. The third-order valence-electron chi connectivity index (χ3n) is 5.41. The van der Waals surface area contributed by atoms with Gasteiger partial charge in [0.2, 0.25) is 5.91 Å². The summed E-state index contributed by atoms with van der Waals surface area (Å²) in [6, 6.07) is 14.8. The number of rotatable bonds is 5. The lowest BCUT2D eigenvalue weighted by Gasteiger charge is -2.44. The Bertz CT molecular complexity index is 803. The predicted molar refractivity (Wildman–Crippen MR) is 99.4 cm³/mol. The lowest BCUT2D eigenvalue weighted by atomic mass is 9.78. The number of aryl methyl sites for hydroxylation is 1. The Hall–Kier alpha value is -1.84. The van der Waals surface area contributed by atoms with Crippen LogP contribution >= 0.6 is 11.6 Å². The van der Waals surface area contributed by atoms with E-state index in [2.05, 4.69) is 24.3 Å². The molecule has 130 valence electrons. The number of nitrogens with zero attached hydrogens (tertiary/aromatic N) is 1. The molecular formula is C21H22ClNO2. The molecule has 3 nitrogen and oxygen atoms in total. The number of aliphatic hydroxyl groups excluding tert-OH is 1. The van der Waals surface area contributed by atoms with Gasteiger partial charge in [0.05, 0.1) is 18.1 Å². The second-order valence-corrected chi connectivity index (χ2v) is 7.43. The highest BCUT2D eigenvalue weighted by Crippen LogP contribution is 2.52. The number of amides is 1. The topological polar surface area (TPSA) is 40.5 Å². The van der Waals surface area contributed by atoms with Gasteiger partial charge in [-0.2, -0.15) is 0 Å². The van der Waals surface area contributed by atoms with E-state index in [9.17, 15) is 9.90 Å². The lowest BCUT2D eigenvalue weighted by molar-refractivity contribution is -0.163. The summed E-state index contributed by atoms with van der Waals surface area (Å²) in [5.41, 5.74) is 6.05. The molecular weight excluding hydrogens is 334 g/mol. The Labute approximate surface area is 153 Å². The normalized spacial score (nSPS) is 22.4. The largest absolute Gasteiger partial charge is 0.392 e. The number of benzene rings is 2. The molecule has 1 N–H and O–H groups in total. The maximum atomic E-state index is 12.4. The Morgan fingerprint density at radius 3 is 2.72 bits per heavy atom. The quantitative estimate of drug-likeness (QED) is 0.652.